The van der Waals surface area contributed by atoms with E-state index in [9.17, 15) is 9.59 Å². The summed E-state index contributed by atoms with van der Waals surface area (Å²) < 4.78 is 0. The molecule has 1 aliphatic rings. The number of aryl methyl sites for hydroxylation is 3. The van der Waals surface area contributed by atoms with Crippen molar-refractivity contribution in [2.45, 2.75) is 90.3 Å². The van der Waals surface area contributed by atoms with Crippen molar-refractivity contribution in [3.05, 3.63) is 107 Å². The highest BCUT2D eigenvalue weighted by Crippen LogP contribution is 2.21. The van der Waals surface area contributed by atoms with Gasteiger partial charge in [0, 0.05) is 25.4 Å². The molecule has 200 valence electrons. The Morgan fingerprint density at radius 3 is 2.11 bits per heavy atom. The van der Waals surface area contributed by atoms with E-state index in [0.29, 0.717) is 25.8 Å². The van der Waals surface area contributed by atoms with Crippen LogP contribution in [0.1, 0.15) is 73.3 Å². The number of hydrogen-bond donors (Lipinski definition) is 1. The fourth-order valence-electron chi connectivity index (χ4n) is 5.32. The average Bonchev–Trinajstić information content (AvgIpc) is 2.96. The lowest BCUT2D eigenvalue weighted by molar-refractivity contribution is -0.141. The maximum Gasteiger partial charge on any atom is 0.243 e. The Morgan fingerprint density at radius 2 is 1.45 bits per heavy atom. The molecule has 1 N–H and O–H groups in total. The molecule has 0 aromatic heterocycles. The molecule has 4 rings (SSSR count). The van der Waals surface area contributed by atoms with Crippen molar-refractivity contribution in [2.24, 2.45) is 0 Å². The summed E-state index contributed by atoms with van der Waals surface area (Å²) in [7, 11) is 0. The second-order valence-corrected chi connectivity index (χ2v) is 10.7. The molecule has 1 saturated carbocycles. The molecule has 38 heavy (non-hydrogen) atoms. The summed E-state index contributed by atoms with van der Waals surface area (Å²) in [4.78, 5) is 29.6. The van der Waals surface area contributed by atoms with Crippen LogP contribution in [0.5, 0.6) is 0 Å². The number of nitrogens with one attached hydrogen (secondary N) is 1. The van der Waals surface area contributed by atoms with Gasteiger partial charge in [0.2, 0.25) is 11.8 Å². The van der Waals surface area contributed by atoms with Gasteiger partial charge in [-0.25, -0.2) is 0 Å². The summed E-state index contributed by atoms with van der Waals surface area (Å²) in [6, 6.07) is 26.5. The lowest BCUT2D eigenvalue weighted by Gasteiger charge is -2.33. The van der Waals surface area contributed by atoms with E-state index in [-0.39, 0.29) is 17.9 Å². The number of hydrogen-bond acceptors (Lipinski definition) is 2. The molecule has 1 fully saturated rings. The van der Waals surface area contributed by atoms with Crippen LogP contribution in [0, 0.1) is 6.92 Å². The summed E-state index contributed by atoms with van der Waals surface area (Å²) >= 11 is 0. The van der Waals surface area contributed by atoms with Gasteiger partial charge in [-0.05, 0) is 54.9 Å². The molecule has 0 heterocycles. The van der Waals surface area contributed by atoms with Crippen molar-refractivity contribution in [3.63, 3.8) is 0 Å². The van der Waals surface area contributed by atoms with Crippen LogP contribution in [-0.2, 0) is 35.4 Å². The van der Waals surface area contributed by atoms with Crippen molar-refractivity contribution in [2.75, 3.05) is 0 Å². The third-order valence-corrected chi connectivity index (χ3v) is 7.75. The predicted octanol–water partition coefficient (Wildman–Crippen LogP) is 6.58. The Labute approximate surface area is 228 Å². The highest BCUT2D eigenvalue weighted by Gasteiger charge is 2.31. The monoisotopic (exact) mass is 510 g/mol. The van der Waals surface area contributed by atoms with Crippen molar-refractivity contribution in [1.82, 2.24) is 10.2 Å². The van der Waals surface area contributed by atoms with Crippen molar-refractivity contribution < 1.29 is 9.59 Å². The molecule has 1 atom stereocenters. The first-order valence-corrected chi connectivity index (χ1v) is 14.3. The van der Waals surface area contributed by atoms with Crippen molar-refractivity contribution in [1.29, 1.82) is 0 Å². The summed E-state index contributed by atoms with van der Waals surface area (Å²) in [5.41, 5.74) is 5.73. The van der Waals surface area contributed by atoms with Crippen LogP contribution in [0.4, 0.5) is 0 Å². The number of rotatable bonds is 11. The molecular formula is C34H42N2O2. The minimum atomic E-state index is -0.560. The topological polar surface area (TPSA) is 49.4 Å². The van der Waals surface area contributed by atoms with Gasteiger partial charge in [-0.1, -0.05) is 111 Å². The van der Waals surface area contributed by atoms with Gasteiger partial charge in [0.25, 0.3) is 0 Å². The summed E-state index contributed by atoms with van der Waals surface area (Å²) in [5, 5.41) is 3.32. The number of carbonyl (C=O) groups is 2. The van der Waals surface area contributed by atoms with Gasteiger partial charge in [-0.15, -0.1) is 0 Å². The molecule has 4 heteroatoms. The molecule has 3 aromatic rings. The van der Waals surface area contributed by atoms with E-state index in [4.69, 9.17) is 0 Å². The highest BCUT2D eigenvalue weighted by molar-refractivity contribution is 5.88. The van der Waals surface area contributed by atoms with E-state index in [1.807, 2.05) is 35.2 Å². The molecule has 0 radical (unpaired) electrons. The standard InChI is InChI=1S/C34H42N2O2/c1-3-27-18-20-28(21-19-27)22-23-33(37)36(25-30-16-14-26(2)15-17-30)32(24-29-10-6-4-7-11-29)34(38)35-31-12-8-5-9-13-31/h4,6-7,10-11,14-21,31-32H,3,5,8-9,12-13,22-25H2,1-2H3,(H,35,38)/t32-/m0/s1. The molecule has 2 amide bonds. The van der Waals surface area contributed by atoms with Crippen LogP contribution in [0.2, 0.25) is 0 Å². The number of amides is 2. The zero-order valence-electron chi connectivity index (χ0n) is 23.0. The molecule has 0 spiro atoms. The van der Waals surface area contributed by atoms with Crippen LogP contribution in [-0.4, -0.2) is 28.8 Å². The zero-order chi connectivity index (χ0) is 26.7. The fraction of sp³-hybridized carbons (Fsp3) is 0.412. The van der Waals surface area contributed by atoms with E-state index in [1.165, 1.54) is 17.5 Å². The quantitative estimate of drug-likeness (QED) is 0.317. The first-order chi connectivity index (χ1) is 18.5. The number of carbonyl (C=O) groups excluding carboxylic acids is 2. The Bertz CT molecular complexity index is 1150. The van der Waals surface area contributed by atoms with Crippen LogP contribution in [0.25, 0.3) is 0 Å². The molecular weight excluding hydrogens is 468 g/mol. The van der Waals surface area contributed by atoms with Crippen LogP contribution in [0.3, 0.4) is 0 Å². The highest BCUT2D eigenvalue weighted by atomic mass is 16.2. The third kappa shape index (κ3) is 8.05. The van der Waals surface area contributed by atoms with Crippen molar-refractivity contribution in [3.8, 4) is 0 Å². The van der Waals surface area contributed by atoms with Gasteiger partial charge >= 0.3 is 0 Å². The van der Waals surface area contributed by atoms with E-state index in [0.717, 1.165) is 48.8 Å². The minimum Gasteiger partial charge on any atom is -0.352 e. The first kappa shape index (κ1) is 27.6. The van der Waals surface area contributed by atoms with Gasteiger partial charge in [0.1, 0.15) is 6.04 Å². The van der Waals surface area contributed by atoms with Gasteiger partial charge in [0.05, 0.1) is 0 Å². The predicted molar refractivity (Wildman–Crippen MR) is 155 cm³/mol. The van der Waals surface area contributed by atoms with Crippen LogP contribution < -0.4 is 5.32 Å². The van der Waals surface area contributed by atoms with E-state index in [1.54, 1.807) is 0 Å². The maximum atomic E-state index is 13.9. The van der Waals surface area contributed by atoms with Gasteiger partial charge in [-0.3, -0.25) is 9.59 Å². The fourth-order valence-corrected chi connectivity index (χ4v) is 5.32. The van der Waals surface area contributed by atoms with Crippen LogP contribution in [0.15, 0.2) is 78.9 Å². The number of benzene rings is 3. The Balaban J connectivity index is 1.58. The summed E-state index contributed by atoms with van der Waals surface area (Å²) in [6.07, 6.45) is 8.11. The van der Waals surface area contributed by atoms with Gasteiger partial charge in [-0.2, -0.15) is 0 Å². The molecule has 3 aromatic carbocycles. The molecule has 0 aliphatic heterocycles. The smallest absolute Gasteiger partial charge is 0.243 e. The zero-order valence-corrected chi connectivity index (χ0v) is 23.0. The summed E-state index contributed by atoms with van der Waals surface area (Å²) in [6.45, 7) is 4.63. The molecule has 0 unspecified atom stereocenters. The average molecular weight is 511 g/mol. The minimum absolute atomic E-state index is 0.0184. The van der Waals surface area contributed by atoms with E-state index in [2.05, 4.69) is 67.7 Å². The van der Waals surface area contributed by atoms with Crippen LogP contribution >= 0.6 is 0 Å². The Kier molecular flexibility index (Phi) is 10.1. The number of nitrogens with zero attached hydrogens (tertiary/aromatic N) is 1. The van der Waals surface area contributed by atoms with Crippen molar-refractivity contribution >= 4 is 11.8 Å². The second-order valence-electron chi connectivity index (χ2n) is 10.7. The molecule has 0 saturated heterocycles. The maximum absolute atomic E-state index is 13.9. The third-order valence-electron chi connectivity index (χ3n) is 7.75. The molecule has 4 nitrogen and oxygen atoms in total. The van der Waals surface area contributed by atoms with E-state index >= 15 is 0 Å². The SMILES string of the molecule is CCc1ccc(CCC(=O)N(Cc2ccc(C)cc2)[C@@H](Cc2ccccc2)C(=O)NC2CCCCC2)cc1. The molecule has 1 aliphatic carbocycles. The second kappa shape index (κ2) is 13.9. The lowest BCUT2D eigenvalue weighted by atomic mass is 9.94. The largest absolute Gasteiger partial charge is 0.352 e. The summed E-state index contributed by atoms with van der Waals surface area (Å²) in [5.74, 6) is -0.0154. The van der Waals surface area contributed by atoms with E-state index < -0.39 is 6.04 Å². The van der Waals surface area contributed by atoms with Gasteiger partial charge < -0.3 is 10.2 Å². The normalized spacial score (nSPS) is 14.6. The van der Waals surface area contributed by atoms with Gasteiger partial charge in [0.15, 0.2) is 0 Å². The lowest BCUT2D eigenvalue weighted by Crippen LogP contribution is -2.52. The first-order valence-electron chi connectivity index (χ1n) is 14.3. The Morgan fingerprint density at radius 1 is 0.816 bits per heavy atom. The molecule has 0 bridgehead atoms. The Hall–Kier alpha value is -3.40.